The average molecular weight is 367 g/mol. The zero-order valence-electron chi connectivity index (χ0n) is 13.4. The van der Waals surface area contributed by atoms with Crippen LogP contribution in [-0.4, -0.2) is 20.4 Å². The number of anilines is 1. The third kappa shape index (κ3) is 4.80. The van der Waals surface area contributed by atoms with Crippen LogP contribution >= 0.6 is 11.6 Å². The van der Waals surface area contributed by atoms with Gasteiger partial charge in [-0.1, -0.05) is 24.6 Å². The van der Waals surface area contributed by atoms with E-state index in [9.17, 15) is 13.2 Å². The third-order valence-corrected chi connectivity index (χ3v) is 5.32. The van der Waals surface area contributed by atoms with Crippen LogP contribution in [0.25, 0.3) is 0 Å². The Morgan fingerprint density at radius 2 is 1.83 bits per heavy atom. The smallest absolute Gasteiger partial charge is 0.255 e. The zero-order chi connectivity index (χ0) is 17.7. The molecule has 0 unspecified atom stereocenters. The van der Waals surface area contributed by atoms with Crippen molar-refractivity contribution in [1.82, 2.24) is 4.72 Å². The summed E-state index contributed by atoms with van der Waals surface area (Å²) in [5.41, 5.74) is 0.931. The van der Waals surface area contributed by atoms with Crippen LogP contribution in [0.3, 0.4) is 0 Å². The summed E-state index contributed by atoms with van der Waals surface area (Å²) in [5, 5.41) is 3.18. The molecule has 7 heteroatoms. The van der Waals surface area contributed by atoms with Gasteiger partial charge in [-0.25, -0.2) is 13.1 Å². The predicted molar refractivity (Wildman–Crippen MR) is 95.9 cm³/mol. The van der Waals surface area contributed by atoms with E-state index in [2.05, 4.69) is 10.0 Å². The van der Waals surface area contributed by atoms with E-state index in [4.69, 9.17) is 11.6 Å². The number of halogens is 1. The molecule has 128 valence electrons. The van der Waals surface area contributed by atoms with Gasteiger partial charge in [-0.3, -0.25) is 4.79 Å². The molecular formula is C17H19ClN2O3S. The zero-order valence-corrected chi connectivity index (χ0v) is 15.0. The fourth-order valence-electron chi connectivity index (χ4n) is 1.97. The Balaban J connectivity index is 2.11. The lowest BCUT2D eigenvalue weighted by Crippen LogP contribution is -2.31. The van der Waals surface area contributed by atoms with E-state index in [0.717, 1.165) is 0 Å². The van der Waals surface area contributed by atoms with Crippen molar-refractivity contribution in [3.63, 3.8) is 0 Å². The Morgan fingerprint density at radius 3 is 2.42 bits per heavy atom. The molecule has 0 aromatic heterocycles. The van der Waals surface area contributed by atoms with Gasteiger partial charge in [0.2, 0.25) is 10.0 Å². The molecule has 0 spiro atoms. The van der Waals surface area contributed by atoms with Crippen LogP contribution in [0.15, 0.2) is 53.4 Å². The van der Waals surface area contributed by atoms with Gasteiger partial charge >= 0.3 is 0 Å². The highest BCUT2D eigenvalue weighted by atomic mass is 35.5. The number of benzene rings is 2. The molecule has 24 heavy (non-hydrogen) atoms. The number of sulfonamides is 1. The minimum atomic E-state index is -3.55. The number of carbonyl (C=O) groups excluding carboxylic acids is 1. The van der Waals surface area contributed by atoms with Crippen molar-refractivity contribution in [2.75, 3.05) is 5.32 Å². The molecule has 0 aliphatic rings. The lowest BCUT2D eigenvalue weighted by atomic mass is 10.2. The Hall–Kier alpha value is -1.89. The van der Waals surface area contributed by atoms with Crippen LogP contribution in [0, 0.1) is 0 Å². The van der Waals surface area contributed by atoms with Gasteiger partial charge in [-0.2, -0.15) is 0 Å². The highest BCUT2D eigenvalue weighted by molar-refractivity contribution is 7.89. The summed E-state index contributed by atoms with van der Waals surface area (Å²) < 4.78 is 26.9. The number of carbonyl (C=O) groups is 1. The fourth-order valence-corrected chi connectivity index (χ4v) is 3.48. The Kier molecular flexibility index (Phi) is 5.99. The number of amides is 1. The van der Waals surface area contributed by atoms with Crippen molar-refractivity contribution >= 4 is 33.2 Å². The summed E-state index contributed by atoms with van der Waals surface area (Å²) in [6, 6.07) is 12.5. The minimum Gasteiger partial charge on any atom is -0.322 e. The highest BCUT2D eigenvalue weighted by Crippen LogP contribution is 2.17. The van der Waals surface area contributed by atoms with E-state index in [0.29, 0.717) is 22.7 Å². The monoisotopic (exact) mass is 366 g/mol. The standard InChI is InChI=1S/C17H19ClN2O3S/c1-3-12(2)20-24(22,23)16-9-7-15(8-10-16)19-17(21)13-5-4-6-14(18)11-13/h4-12,20H,3H2,1-2H3,(H,19,21)/t12-/m1/s1. The first-order valence-electron chi connectivity index (χ1n) is 7.51. The number of nitrogens with one attached hydrogen (secondary N) is 2. The maximum Gasteiger partial charge on any atom is 0.255 e. The Bertz CT molecular complexity index is 820. The fraction of sp³-hybridized carbons (Fsp3) is 0.235. The minimum absolute atomic E-state index is 0.141. The van der Waals surface area contributed by atoms with E-state index in [1.54, 1.807) is 43.3 Å². The van der Waals surface area contributed by atoms with E-state index >= 15 is 0 Å². The van der Waals surface area contributed by atoms with Crippen molar-refractivity contribution in [2.45, 2.75) is 31.2 Å². The van der Waals surface area contributed by atoms with Crippen LogP contribution in [-0.2, 0) is 10.0 Å². The van der Waals surface area contributed by atoms with Crippen molar-refractivity contribution in [1.29, 1.82) is 0 Å². The van der Waals surface area contributed by atoms with Gasteiger partial charge in [-0.05, 0) is 55.8 Å². The summed E-state index contributed by atoms with van der Waals surface area (Å²) >= 11 is 5.86. The molecule has 0 bridgehead atoms. The predicted octanol–water partition coefficient (Wildman–Crippen LogP) is 3.67. The molecule has 0 radical (unpaired) electrons. The van der Waals surface area contributed by atoms with E-state index in [1.807, 2.05) is 6.92 Å². The van der Waals surface area contributed by atoms with Gasteiger partial charge < -0.3 is 5.32 Å². The summed E-state index contributed by atoms with van der Waals surface area (Å²) in [7, 11) is -3.55. The maximum atomic E-state index is 12.2. The highest BCUT2D eigenvalue weighted by Gasteiger charge is 2.16. The second kappa shape index (κ2) is 7.79. The summed E-state index contributed by atoms with van der Waals surface area (Å²) in [4.78, 5) is 12.3. The topological polar surface area (TPSA) is 75.3 Å². The number of rotatable bonds is 6. The molecule has 2 rings (SSSR count). The van der Waals surface area contributed by atoms with E-state index in [-0.39, 0.29) is 16.8 Å². The number of hydrogen-bond donors (Lipinski definition) is 2. The number of hydrogen-bond acceptors (Lipinski definition) is 3. The maximum absolute atomic E-state index is 12.2. The van der Waals surface area contributed by atoms with Crippen molar-refractivity contribution in [2.24, 2.45) is 0 Å². The quantitative estimate of drug-likeness (QED) is 0.819. The Morgan fingerprint density at radius 1 is 1.17 bits per heavy atom. The molecule has 1 amide bonds. The Labute approximate surface area is 147 Å². The first-order valence-corrected chi connectivity index (χ1v) is 9.37. The van der Waals surface area contributed by atoms with Crippen LogP contribution in [0.4, 0.5) is 5.69 Å². The first kappa shape index (κ1) is 18.4. The molecule has 0 fully saturated rings. The molecule has 2 aromatic carbocycles. The molecular weight excluding hydrogens is 348 g/mol. The third-order valence-electron chi connectivity index (χ3n) is 3.48. The van der Waals surface area contributed by atoms with Crippen molar-refractivity contribution < 1.29 is 13.2 Å². The van der Waals surface area contributed by atoms with Gasteiger partial charge in [0.1, 0.15) is 0 Å². The van der Waals surface area contributed by atoms with Gasteiger partial charge in [-0.15, -0.1) is 0 Å². The molecule has 0 aliphatic carbocycles. The van der Waals surface area contributed by atoms with Crippen LogP contribution in [0.5, 0.6) is 0 Å². The molecule has 1 atom stereocenters. The van der Waals surface area contributed by atoms with E-state index in [1.165, 1.54) is 12.1 Å². The molecule has 0 aliphatic heterocycles. The normalized spacial score (nSPS) is 12.6. The first-order chi connectivity index (χ1) is 11.3. The largest absolute Gasteiger partial charge is 0.322 e. The molecule has 2 N–H and O–H groups in total. The van der Waals surface area contributed by atoms with Gasteiger partial charge in [0.15, 0.2) is 0 Å². The SMILES string of the molecule is CC[C@@H](C)NS(=O)(=O)c1ccc(NC(=O)c2cccc(Cl)c2)cc1. The lowest BCUT2D eigenvalue weighted by Gasteiger charge is -2.12. The van der Waals surface area contributed by atoms with Gasteiger partial charge in [0, 0.05) is 22.3 Å². The summed E-state index contributed by atoms with van der Waals surface area (Å²) in [6.07, 6.45) is 0.701. The van der Waals surface area contributed by atoms with E-state index < -0.39 is 10.0 Å². The average Bonchev–Trinajstić information content (AvgIpc) is 2.54. The molecule has 2 aromatic rings. The molecule has 0 saturated heterocycles. The summed E-state index contributed by atoms with van der Waals surface area (Å²) in [5.74, 6) is -0.314. The van der Waals surface area contributed by atoms with Crippen LogP contribution in [0.1, 0.15) is 30.6 Å². The molecule has 5 nitrogen and oxygen atoms in total. The molecule has 0 saturated carbocycles. The summed E-state index contributed by atoms with van der Waals surface area (Å²) in [6.45, 7) is 3.71. The van der Waals surface area contributed by atoms with Crippen LogP contribution < -0.4 is 10.0 Å². The second-order valence-corrected chi connectivity index (χ2v) is 7.57. The molecule has 0 heterocycles. The second-order valence-electron chi connectivity index (χ2n) is 5.42. The van der Waals surface area contributed by atoms with Crippen molar-refractivity contribution in [3.05, 3.63) is 59.1 Å². The van der Waals surface area contributed by atoms with Gasteiger partial charge in [0.05, 0.1) is 4.90 Å². The lowest BCUT2D eigenvalue weighted by molar-refractivity contribution is 0.102. The van der Waals surface area contributed by atoms with Crippen molar-refractivity contribution in [3.8, 4) is 0 Å². The van der Waals surface area contributed by atoms with Gasteiger partial charge in [0.25, 0.3) is 5.91 Å². The van der Waals surface area contributed by atoms with Crippen LogP contribution in [0.2, 0.25) is 5.02 Å².